The lowest BCUT2D eigenvalue weighted by Gasteiger charge is -2.36. The predicted molar refractivity (Wildman–Crippen MR) is 75.9 cm³/mol. The predicted octanol–water partition coefficient (Wildman–Crippen LogP) is 2.45. The van der Waals surface area contributed by atoms with Crippen molar-refractivity contribution < 1.29 is 19.1 Å². The monoisotopic (exact) mass is 291 g/mol. The second-order valence-electron chi connectivity index (χ2n) is 5.23. The number of hydrogen-bond acceptors (Lipinski definition) is 2. The van der Waals surface area contributed by atoms with Crippen LogP contribution in [0.15, 0.2) is 36.9 Å². The van der Waals surface area contributed by atoms with Gasteiger partial charge >= 0.3 is 5.97 Å². The fourth-order valence-corrected chi connectivity index (χ4v) is 2.55. The Morgan fingerprint density at radius 3 is 2.52 bits per heavy atom. The third-order valence-electron chi connectivity index (χ3n) is 3.89. The SMILES string of the molecule is C=CCN(Cc1ccccc1F)C(=O)C1CCC1C(=O)O. The van der Waals surface area contributed by atoms with Gasteiger partial charge in [0.1, 0.15) is 5.82 Å². The van der Waals surface area contributed by atoms with Crippen molar-refractivity contribution >= 4 is 11.9 Å². The molecule has 1 N–H and O–H groups in total. The zero-order valence-electron chi connectivity index (χ0n) is 11.7. The highest BCUT2D eigenvalue weighted by Crippen LogP contribution is 2.36. The van der Waals surface area contributed by atoms with Crippen LogP contribution in [-0.2, 0) is 16.1 Å². The van der Waals surface area contributed by atoms with E-state index < -0.39 is 17.8 Å². The molecular formula is C16H18FNO3. The average Bonchev–Trinajstić information content (AvgIpc) is 2.38. The highest BCUT2D eigenvalue weighted by atomic mass is 19.1. The van der Waals surface area contributed by atoms with Crippen molar-refractivity contribution in [2.45, 2.75) is 19.4 Å². The van der Waals surface area contributed by atoms with E-state index >= 15 is 0 Å². The number of rotatable bonds is 6. The van der Waals surface area contributed by atoms with Crippen molar-refractivity contribution in [1.82, 2.24) is 4.90 Å². The van der Waals surface area contributed by atoms with Gasteiger partial charge in [-0.2, -0.15) is 0 Å². The zero-order valence-corrected chi connectivity index (χ0v) is 11.7. The summed E-state index contributed by atoms with van der Waals surface area (Å²) in [4.78, 5) is 24.9. The summed E-state index contributed by atoms with van der Waals surface area (Å²) in [6.07, 6.45) is 2.65. The number of carboxylic acid groups (broad SMARTS) is 1. The Hall–Kier alpha value is -2.17. The van der Waals surface area contributed by atoms with Crippen LogP contribution in [0, 0.1) is 17.7 Å². The fourth-order valence-electron chi connectivity index (χ4n) is 2.55. The highest BCUT2D eigenvalue weighted by Gasteiger charge is 2.43. The van der Waals surface area contributed by atoms with Crippen molar-refractivity contribution in [3.05, 3.63) is 48.3 Å². The van der Waals surface area contributed by atoms with E-state index in [0.29, 0.717) is 18.4 Å². The van der Waals surface area contributed by atoms with Crippen LogP contribution in [0.1, 0.15) is 18.4 Å². The first-order chi connectivity index (χ1) is 10.0. The molecule has 2 atom stereocenters. The molecule has 1 amide bonds. The van der Waals surface area contributed by atoms with E-state index in [9.17, 15) is 14.0 Å². The molecule has 0 bridgehead atoms. The van der Waals surface area contributed by atoms with E-state index in [2.05, 4.69) is 6.58 Å². The first-order valence-corrected chi connectivity index (χ1v) is 6.90. The first-order valence-electron chi connectivity index (χ1n) is 6.90. The highest BCUT2D eigenvalue weighted by molar-refractivity contribution is 5.86. The van der Waals surface area contributed by atoms with Gasteiger partial charge in [-0.15, -0.1) is 6.58 Å². The summed E-state index contributed by atoms with van der Waals surface area (Å²) in [5, 5.41) is 9.05. The molecule has 2 rings (SSSR count). The summed E-state index contributed by atoms with van der Waals surface area (Å²) in [6, 6.07) is 6.26. The summed E-state index contributed by atoms with van der Waals surface area (Å²) in [5.41, 5.74) is 0.416. The summed E-state index contributed by atoms with van der Waals surface area (Å²) in [5.74, 6) is -2.68. The second-order valence-corrected chi connectivity index (χ2v) is 5.23. The van der Waals surface area contributed by atoms with Crippen LogP contribution in [-0.4, -0.2) is 28.4 Å². The van der Waals surface area contributed by atoms with Gasteiger partial charge in [-0.3, -0.25) is 9.59 Å². The molecule has 1 aliphatic carbocycles. The maximum absolute atomic E-state index is 13.7. The molecule has 0 aromatic heterocycles. The third-order valence-corrected chi connectivity index (χ3v) is 3.89. The smallest absolute Gasteiger partial charge is 0.307 e. The van der Waals surface area contributed by atoms with E-state index in [1.807, 2.05) is 0 Å². The lowest BCUT2D eigenvalue weighted by Crippen LogP contribution is -2.46. The number of benzene rings is 1. The minimum atomic E-state index is -0.941. The lowest BCUT2D eigenvalue weighted by atomic mass is 9.73. The van der Waals surface area contributed by atoms with Crippen molar-refractivity contribution in [2.24, 2.45) is 11.8 Å². The number of amides is 1. The summed E-state index contributed by atoms with van der Waals surface area (Å²) < 4.78 is 13.7. The minimum Gasteiger partial charge on any atom is -0.481 e. The van der Waals surface area contributed by atoms with Crippen LogP contribution in [0.2, 0.25) is 0 Å². The van der Waals surface area contributed by atoms with Gasteiger partial charge in [-0.25, -0.2) is 4.39 Å². The quantitative estimate of drug-likeness (QED) is 0.819. The number of carbonyl (C=O) groups is 2. The molecule has 1 aromatic carbocycles. The number of nitrogens with zero attached hydrogens (tertiary/aromatic N) is 1. The molecule has 4 nitrogen and oxygen atoms in total. The molecule has 1 aliphatic rings. The largest absolute Gasteiger partial charge is 0.481 e. The van der Waals surface area contributed by atoms with Crippen LogP contribution in [0.25, 0.3) is 0 Å². The maximum atomic E-state index is 13.7. The van der Waals surface area contributed by atoms with Gasteiger partial charge in [0.15, 0.2) is 0 Å². The van der Waals surface area contributed by atoms with Gasteiger partial charge in [-0.05, 0) is 18.9 Å². The van der Waals surface area contributed by atoms with Gasteiger partial charge < -0.3 is 10.0 Å². The normalized spacial score (nSPS) is 20.4. The van der Waals surface area contributed by atoms with Gasteiger partial charge in [0.25, 0.3) is 0 Å². The molecule has 5 heteroatoms. The van der Waals surface area contributed by atoms with Crippen LogP contribution in [0.5, 0.6) is 0 Å². The summed E-state index contributed by atoms with van der Waals surface area (Å²) in [7, 11) is 0. The Balaban J connectivity index is 2.12. The van der Waals surface area contributed by atoms with E-state index in [1.54, 1.807) is 24.3 Å². The Morgan fingerprint density at radius 1 is 1.33 bits per heavy atom. The topological polar surface area (TPSA) is 57.6 Å². The molecule has 1 fully saturated rings. The van der Waals surface area contributed by atoms with Crippen LogP contribution < -0.4 is 0 Å². The van der Waals surface area contributed by atoms with E-state index in [1.165, 1.54) is 11.0 Å². The van der Waals surface area contributed by atoms with Gasteiger partial charge in [0.05, 0.1) is 11.8 Å². The number of hydrogen-bond donors (Lipinski definition) is 1. The van der Waals surface area contributed by atoms with Crippen molar-refractivity contribution in [3.8, 4) is 0 Å². The molecule has 1 aromatic rings. The van der Waals surface area contributed by atoms with E-state index in [4.69, 9.17) is 5.11 Å². The lowest BCUT2D eigenvalue weighted by molar-refractivity contribution is -0.156. The minimum absolute atomic E-state index is 0.125. The number of halogens is 1. The van der Waals surface area contributed by atoms with Crippen LogP contribution in [0.4, 0.5) is 4.39 Å². The van der Waals surface area contributed by atoms with Gasteiger partial charge in [0.2, 0.25) is 5.91 Å². The number of aliphatic carboxylic acids is 1. The number of carboxylic acids is 1. The van der Waals surface area contributed by atoms with Crippen LogP contribution >= 0.6 is 0 Å². The zero-order chi connectivity index (χ0) is 15.4. The molecule has 1 saturated carbocycles. The molecule has 0 radical (unpaired) electrons. The summed E-state index contributed by atoms with van der Waals surface area (Å²) >= 11 is 0. The summed E-state index contributed by atoms with van der Waals surface area (Å²) in [6.45, 7) is 4.00. The van der Waals surface area contributed by atoms with E-state index in [-0.39, 0.29) is 24.8 Å². The average molecular weight is 291 g/mol. The molecule has 21 heavy (non-hydrogen) atoms. The Kier molecular flexibility index (Phi) is 4.73. The maximum Gasteiger partial charge on any atom is 0.307 e. The van der Waals surface area contributed by atoms with Crippen molar-refractivity contribution in [1.29, 1.82) is 0 Å². The molecule has 0 spiro atoms. The molecule has 0 heterocycles. The molecule has 0 aliphatic heterocycles. The first kappa shape index (κ1) is 15.2. The Labute approximate surface area is 122 Å². The number of carbonyl (C=O) groups excluding carboxylic acids is 1. The van der Waals surface area contributed by atoms with Crippen LogP contribution in [0.3, 0.4) is 0 Å². The van der Waals surface area contributed by atoms with Gasteiger partial charge in [0, 0.05) is 18.7 Å². The van der Waals surface area contributed by atoms with E-state index in [0.717, 1.165) is 0 Å². The Morgan fingerprint density at radius 2 is 2.00 bits per heavy atom. The Bertz CT molecular complexity index is 558. The fraction of sp³-hybridized carbons (Fsp3) is 0.375. The molecule has 0 saturated heterocycles. The standard InChI is InChI=1S/C16H18FNO3/c1-2-9-18(10-11-5-3-4-6-14(11)17)15(19)12-7-8-13(12)16(20)21/h2-6,12-13H,1,7-10H2,(H,20,21). The molecule has 2 unspecified atom stereocenters. The molecular weight excluding hydrogens is 273 g/mol. The molecule has 112 valence electrons. The van der Waals surface area contributed by atoms with Crippen molar-refractivity contribution in [3.63, 3.8) is 0 Å². The van der Waals surface area contributed by atoms with Crippen molar-refractivity contribution in [2.75, 3.05) is 6.54 Å². The second kappa shape index (κ2) is 6.52. The van der Waals surface area contributed by atoms with Gasteiger partial charge in [-0.1, -0.05) is 24.3 Å². The third kappa shape index (κ3) is 3.29.